The number of benzene rings is 2. The van der Waals surface area contributed by atoms with Crippen LogP contribution in [0, 0.1) is 6.92 Å². The number of aromatic nitrogens is 1. The minimum Gasteiger partial charge on any atom is -0.488 e. The fraction of sp³-hybridized carbons (Fsp3) is 0.515. The number of carbonyl (C=O) groups excluding carboxylic acids is 1. The number of hydrogen-bond donors (Lipinski definition) is 1. The van der Waals surface area contributed by atoms with Gasteiger partial charge in [-0.15, -0.1) is 0 Å². The number of anilines is 1. The second-order valence-electron chi connectivity index (χ2n) is 10.4. The highest BCUT2D eigenvalue weighted by Crippen LogP contribution is 2.35. The molecule has 0 aliphatic rings. The Labute approximate surface area is 249 Å². The van der Waals surface area contributed by atoms with Gasteiger partial charge in [-0.1, -0.05) is 125 Å². The van der Waals surface area contributed by atoms with Crippen molar-refractivity contribution in [1.82, 2.24) is 0 Å². The van der Waals surface area contributed by atoms with E-state index in [2.05, 4.69) is 34.6 Å². The summed E-state index contributed by atoms with van der Waals surface area (Å²) in [7, 11) is 0. The summed E-state index contributed by atoms with van der Waals surface area (Å²) in [5, 5.41) is 5.59. The molecule has 3 aromatic rings. The summed E-state index contributed by atoms with van der Waals surface area (Å²) < 4.78 is 14.0. The third kappa shape index (κ3) is 11.5. The van der Waals surface area contributed by atoms with Crippen LogP contribution in [-0.2, 0) is 11.3 Å². The lowest BCUT2D eigenvalue weighted by Crippen LogP contribution is -2.35. The van der Waals surface area contributed by atoms with Crippen molar-refractivity contribution in [2.75, 3.05) is 18.5 Å². The smallest absolute Gasteiger partial charge is 0.262 e. The highest BCUT2D eigenvalue weighted by molar-refractivity contribution is 7.07. The molecule has 1 N–H and O–H groups in total. The van der Waals surface area contributed by atoms with Crippen molar-refractivity contribution < 1.29 is 18.8 Å². The van der Waals surface area contributed by atoms with Gasteiger partial charge in [0.05, 0.1) is 22.7 Å². The van der Waals surface area contributed by atoms with Crippen molar-refractivity contribution >= 4 is 34.5 Å². The van der Waals surface area contributed by atoms with E-state index < -0.39 is 0 Å². The number of nitrogens with one attached hydrogen (secondary N) is 1. The zero-order valence-electron chi connectivity index (χ0n) is 24.3. The molecule has 0 saturated heterocycles. The van der Waals surface area contributed by atoms with Crippen LogP contribution in [-0.4, -0.2) is 19.1 Å². The van der Waals surface area contributed by atoms with Gasteiger partial charge in [-0.05, 0) is 24.6 Å². The first-order valence-electron chi connectivity index (χ1n) is 14.9. The van der Waals surface area contributed by atoms with E-state index in [4.69, 9.17) is 21.1 Å². The van der Waals surface area contributed by atoms with E-state index in [-0.39, 0.29) is 12.5 Å². The molecule has 218 valence electrons. The second-order valence-corrected chi connectivity index (χ2v) is 11.6. The van der Waals surface area contributed by atoms with Gasteiger partial charge in [0.15, 0.2) is 30.3 Å². The maximum absolute atomic E-state index is 12.8. The number of para-hydroxylation sites is 2. The fourth-order valence-electron chi connectivity index (χ4n) is 4.67. The lowest BCUT2D eigenvalue weighted by atomic mass is 10.1. The van der Waals surface area contributed by atoms with Gasteiger partial charge in [0.25, 0.3) is 5.91 Å². The highest BCUT2D eigenvalue weighted by Gasteiger charge is 2.15. The van der Waals surface area contributed by atoms with Crippen molar-refractivity contribution in [2.45, 2.75) is 97.4 Å². The lowest BCUT2D eigenvalue weighted by molar-refractivity contribution is -0.689. The summed E-state index contributed by atoms with van der Waals surface area (Å²) in [6, 6.07) is 13.2. The van der Waals surface area contributed by atoms with Crippen LogP contribution in [0.5, 0.6) is 11.5 Å². The fourth-order valence-corrected chi connectivity index (χ4v) is 5.67. The van der Waals surface area contributed by atoms with Crippen LogP contribution in [0.1, 0.15) is 95.2 Å². The molecule has 0 radical (unpaired) electrons. The van der Waals surface area contributed by atoms with E-state index in [1.54, 1.807) is 23.5 Å². The van der Waals surface area contributed by atoms with Crippen LogP contribution in [0.25, 0.3) is 0 Å². The molecule has 1 aromatic heterocycles. The van der Waals surface area contributed by atoms with Gasteiger partial charge in [-0.2, -0.15) is 4.57 Å². The van der Waals surface area contributed by atoms with Crippen LogP contribution in [0.15, 0.2) is 53.4 Å². The van der Waals surface area contributed by atoms with Crippen LogP contribution in [0.4, 0.5) is 5.69 Å². The van der Waals surface area contributed by atoms with Crippen molar-refractivity contribution in [1.29, 1.82) is 0 Å². The molecule has 2 aromatic carbocycles. The SMILES string of the molecule is CCCCCCCCCCCCCCOc1c(Cl)cccc1OCC(=O)Nc1ccccc1C[n+]1cscc1C. The van der Waals surface area contributed by atoms with Crippen LogP contribution in [0.3, 0.4) is 0 Å². The second kappa shape index (κ2) is 18.7. The van der Waals surface area contributed by atoms with E-state index in [0.717, 1.165) is 24.1 Å². The molecule has 0 atom stereocenters. The maximum Gasteiger partial charge on any atom is 0.262 e. The number of ether oxygens (including phenoxy) is 2. The molecule has 0 unspecified atom stereocenters. The number of aryl methyl sites for hydroxylation is 1. The Morgan fingerprint density at radius 3 is 2.23 bits per heavy atom. The number of nitrogens with zero attached hydrogens (tertiary/aromatic N) is 1. The number of unbranched alkanes of at least 4 members (excludes halogenated alkanes) is 11. The Morgan fingerprint density at radius 2 is 1.55 bits per heavy atom. The third-order valence-electron chi connectivity index (χ3n) is 7.05. The van der Waals surface area contributed by atoms with E-state index in [9.17, 15) is 4.79 Å². The first-order valence-corrected chi connectivity index (χ1v) is 16.2. The van der Waals surface area contributed by atoms with Gasteiger partial charge in [0, 0.05) is 12.5 Å². The number of halogens is 1. The standard InChI is InChI=1S/C33H45ClN2O3S/c1-3-4-5-6-7-8-9-10-11-12-13-16-22-38-33-29(34)19-17-21-31(33)39-24-32(37)35-30-20-15-14-18-28(30)23-36-26-40-25-27(36)2/h14-15,17-21,25-26H,3-13,16,22-24H2,1-2H3/p+1. The number of thiazole rings is 1. The molecule has 0 fully saturated rings. The molecule has 0 saturated carbocycles. The van der Waals surface area contributed by atoms with Gasteiger partial charge in [-0.3, -0.25) is 4.79 Å². The summed E-state index contributed by atoms with van der Waals surface area (Å²) >= 11 is 8.08. The first kappa shape index (κ1) is 32.0. The van der Waals surface area contributed by atoms with E-state index in [0.29, 0.717) is 29.7 Å². The summed E-state index contributed by atoms with van der Waals surface area (Å²) in [5.41, 5.74) is 5.08. The number of hydrogen-bond acceptors (Lipinski definition) is 4. The van der Waals surface area contributed by atoms with Crippen LogP contribution < -0.4 is 19.4 Å². The van der Waals surface area contributed by atoms with E-state index >= 15 is 0 Å². The Balaban J connectivity index is 1.37. The normalized spacial score (nSPS) is 11.0. The Hall–Kier alpha value is -2.57. The van der Waals surface area contributed by atoms with Gasteiger partial charge < -0.3 is 14.8 Å². The molecular weight excluding hydrogens is 540 g/mol. The Bertz CT molecular complexity index is 1150. The predicted molar refractivity (Wildman–Crippen MR) is 167 cm³/mol. The summed E-state index contributed by atoms with van der Waals surface area (Å²) in [6.45, 7) is 5.49. The van der Waals surface area contributed by atoms with Crippen LogP contribution in [0.2, 0.25) is 5.02 Å². The molecule has 3 rings (SSSR count). The van der Waals surface area contributed by atoms with E-state index in [1.165, 1.54) is 69.9 Å². The largest absolute Gasteiger partial charge is 0.488 e. The molecule has 7 heteroatoms. The summed E-state index contributed by atoms with van der Waals surface area (Å²) in [5.74, 6) is 0.760. The lowest BCUT2D eigenvalue weighted by Gasteiger charge is -2.14. The molecule has 1 amide bonds. The number of carbonyl (C=O) groups is 1. The molecule has 0 spiro atoms. The summed E-state index contributed by atoms with van der Waals surface area (Å²) in [4.78, 5) is 12.8. The van der Waals surface area contributed by atoms with Gasteiger partial charge in [0.1, 0.15) is 0 Å². The zero-order valence-corrected chi connectivity index (χ0v) is 25.8. The minimum atomic E-state index is -0.230. The van der Waals surface area contributed by atoms with E-state index in [1.807, 2.05) is 30.3 Å². The molecular formula is C33H46ClN2O3S+. The maximum atomic E-state index is 12.8. The van der Waals surface area contributed by atoms with Gasteiger partial charge in [0.2, 0.25) is 5.51 Å². The van der Waals surface area contributed by atoms with Crippen molar-refractivity contribution in [2.24, 2.45) is 0 Å². The van der Waals surface area contributed by atoms with Crippen molar-refractivity contribution in [3.05, 3.63) is 69.6 Å². The van der Waals surface area contributed by atoms with Crippen molar-refractivity contribution in [3.63, 3.8) is 0 Å². The molecule has 0 bridgehead atoms. The van der Waals surface area contributed by atoms with Crippen LogP contribution >= 0.6 is 22.9 Å². The number of amides is 1. The quantitative estimate of drug-likeness (QED) is 0.106. The molecule has 5 nitrogen and oxygen atoms in total. The summed E-state index contributed by atoms with van der Waals surface area (Å²) in [6.07, 6.45) is 15.6. The molecule has 1 heterocycles. The molecule has 0 aliphatic carbocycles. The average Bonchev–Trinajstić information content (AvgIpc) is 3.36. The third-order valence-corrected chi connectivity index (χ3v) is 8.20. The Morgan fingerprint density at radius 1 is 0.875 bits per heavy atom. The monoisotopic (exact) mass is 585 g/mol. The topological polar surface area (TPSA) is 51.4 Å². The highest BCUT2D eigenvalue weighted by atomic mass is 35.5. The first-order chi connectivity index (χ1) is 19.6. The van der Waals surface area contributed by atoms with Gasteiger partial charge >= 0.3 is 0 Å². The average molecular weight is 586 g/mol. The predicted octanol–water partition coefficient (Wildman–Crippen LogP) is 9.14. The Kier molecular flexibility index (Phi) is 15.0. The minimum absolute atomic E-state index is 0.131. The number of rotatable bonds is 20. The molecule has 40 heavy (non-hydrogen) atoms. The molecule has 0 aliphatic heterocycles. The zero-order chi connectivity index (χ0) is 28.4. The van der Waals surface area contributed by atoms with Crippen molar-refractivity contribution in [3.8, 4) is 11.5 Å². The van der Waals surface area contributed by atoms with Gasteiger partial charge in [-0.25, -0.2) is 0 Å².